The van der Waals surface area contributed by atoms with E-state index in [1.165, 1.54) is 0 Å². The summed E-state index contributed by atoms with van der Waals surface area (Å²) in [6.45, 7) is 1.90. The van der Waals surface area contributed by atoms with Crippen LogP contribution in [-0.2, 0) is 0 Å². The van der Waals surface area contributed by atoms with Crippen LogP contribution in [0.25, 0.3) is 11.3 Å². The van der Waals surface area contributed by atoms with Crippen molar-refractivity contribution in [3.05, 3.63) is 47.7 Å². The Hall–Kier alpha value is -1.94. The van der Waals surface area contributed by atoms with Crippen molar-refractivity contribution in [2.24, 2.45) is 5.73 Å². The van der Waals surface area contributed by atoms with Crippen molar-refractivity contribution in [2.75, 3.05) is 7.11 Å². The summed E-state index contributed by atoms with van der Waals surface area (Å²) in [7, 11) is 1.65. The fourth-order valence-corrected chi connectivity index (χ4v) is 1.98. The van der Waals surface area contributed by atoms with Crippen LogP contribution in [0, 0.1) is 6.92 Å². The van der Waals surface area contributed by atoms with E-state index < -0.39 is 0 Å². The van der Waals surface area contributed by atoms with E-state index >= 15 is 0 Å². The molecule has 0 fully saturated rings. The lowest BCUT2D eigenvalue weighted by molar-refractivity contribution is 0.415. The minimum atomic E-state index is 0.372. The fourth-order valence-electron chi connectivity index (χ4n) is 1.76. The van der Waals surface area contributed by atoms with Crippen LogP contribution < -0.4 is 10.5 Å². The third kappa shape index (κ3) is 2.49. The molecule has 0 atom stereocenters. The Labute approximate surface area is 112 Å². The predicted molar refractivity (Wildman–Crippen MR) is 76.8 cm³/mol. The van der Waals surface area contributed by atoms with Gasteiger partial charge in [-0.15, -0.1) is 0 Å². The lowest BCUT2D eigenvalue weighted by Crippen LogP contribution is -2.12. The minimum absolute atomic E-state index is 0.372. The van der Waals surface area contributed by atoms with Crippen molar-refractivity contribution in [3.8, 4) is 17.0 Å². The lowest BCUT2D eigenvalue weighted by Gasteiger charge is -2.07. The van der Waals surface area contributed by atoms with Gasteiger partial charge in [-0.2, -0.15) is 0 Å². The third-order valence-electron chi connectivity index (χ3n) is 2.72. The van der Waals surface area contributed by atoms with Crippen molar-refractivity contribution in [2.45, 2.75) is 6.92 Å². The van der Waals surface area contributed by atoms with Crippen LogP contribution in [0.1, 0.15) is 11.3 Å². The first kappa shape index (κ1) is 12.5. The van der Waals surface area contributed by atoms with Gasteiger partial charge in [-0.05, 0) is 31.2 Å². The number of nitrogens with zero attached hydrogens (tertiary/aromatic N) is 1. The van der Waals surface area contributed by atoms with Gasteiger partial charge in [-0.1, -0.05) is 24.4 Å². The number of aryl methyl sites for hydroxylation is 1. The van der Waals surface area contributed by atoms with Crippen LogP contribution >= 0.6 is 12.2 Å². The first-order chi connectivity index (χ1) is 8.61. The Bertz CT molecular complexity index is 596. The molecule has 0 bridgehead atoms. The molecule has 0 unspecified atom stereocenters. The largest absolute Gasteiger partial charge is 0.497 e. The summed E-state index contributed by atoms with van der Waals surface area (Å²) in [6, 6.07) is 11.6. The summed E-state index contributed by atoms with van der Waals surface area (Å²) in [6.07, 6.45) is 0. The van der Waals surface area contributed by atoms with Crippen LogP contribution in [0.2, 0.25) is 0 Å². The molecule has 0 aliphatic carbocycles. The number of benzene rings is 1. The first-order valence-corrected chi connectivity index (χ1v) is 5.94. The molecule has 2 aromatic rings. The Kier molecular flexibility index (Phi) is 3.58. The number of methoxy groups -OCH3 is 1. The highest BCUT2D eigenvalue weighted by atomic mass is 32.1. The van der Waals surface area contributed by atoms with Gasteiger partial charge in [0.2, 0.25) is 0 Å². The van der Waals surface area contributed by atoms with E-state index in [2.05, 4.69) is 4.98 Å². The summed E-state index contributed by atoms with van der Waals surface area (Å²) < 4.78 is 5.20. The van der Waals surface area contributed by atoms with Gasteiger partial charge in [0.05, 0.1) is 12.8 Å². The van der Waals surface area contributed by atoms with Crippen molar-refractivity contribution < 1.29 is 4.74 Å². The van der Waals surface area contributed by atoms with Gasteiger partial charge in [0.25, 0.3) is 0 Å². The van der Waals surface area contributed by atoms with Gasteiger partial charge >= 0.3 is 0 Å². The molecular weight excluding hydrogens is 244 g/mol. The molecule has 0 saturated heterocycles. The Morgan fingerprint density at radius 1 is 1.28 bits per heavy atom. The number of ether oxygens (including phenoxy) is 1. The second-order valence-electron chi connectivity index (χ2n) is 3.93. The maximum Gasteiger partial charge on any atom is 0.119 e. The highest BCUT2D eigenvalue weighted by Crippen LogP contribution is 2.23. The van der Waals surface area contributed by atoms with E-state index in [1.807, 2.05) is 43.3 Å². The van der Waals surface area contributed by atoms with Gasteiger partial charge in [0.15, 0.2) is 0 Å². The summed E-state index contributed by atoms with van der Waals surface area (Å²) in [5.41, 5.74) is 9.16. The monoisotopic (exact) mass is 258 g/mol. The average Bonchev–Trinajstić information content (AvgIpc) is 2.38. The maximum atomic E-state index is 5.62. The van der Waals surface area contributed by atoms with Crippen LogP contribution in [0.5, 0.6) is 5.75 Å². The lowest BCUT2D eigenvalue weighted by atomic mass is 10.1. The number of aromatic nitrogens is 1. The standard InChI is InChI=1S/C14H14N2OS/c1-9-12(14(15)18)6-7-13(16-9)10-4-3-5-11(8-10)17-2/h3-8H,1-2H3,(H2,15,18). The fraction of sp³-hybridized carbons (Fsp3) is 0.143. The van der Waals surface area contributed by atoms with Crippen LogP contribution in [0.4, 0.5) is 0 Å². The summed E-state index contributed by atoms with van der Waals surface area (Å²) in [5, 5.41) is 0. The third-order valence-corrected chi connectivity index (χ3v) is 2.94. The molecule has 92 valence electrons. The summed E-state index contributed by atoms with van der Waals surface area (Å²) >= 11 is 4.97. The zero-order valence-corrected chi connectivity index (χ0v) is 11.1. The average molecular weight is 258 g/mol. The van der Waals surface area contributed by atoms with Crippen molar-refractivity contribution in [3.63, 3.8) is 0 Å². The van der Waals surface area contributed by atoms with Gasteiger partial charge in [-0.3, -0.25) is 4.98 Å². The minimum Gasteiger partial charge on any atom is -0.497 e. The van der Waals surface area contributed by atoms with E-state index in [1.54, 1.807) is 7.11 Å². The molecule has 1 aromatic heterocycles. The van der Waals surface area contributed by atoms with E-state index in [4.69, 9.17) is 22.7 Å². The normalized spacial score (nSPS) is 10.1. The van der Waals surface area contributed by atoms with E-state index in [0.717, 1.165) is 28.3 Å². The molecule has 0 spiro atoms. The topological polar surface area (TPSA) is 48.1 Å². The second kappa shape index (κ2) is 5.14. The number of pyridine rings is 1. The number of nitrogens with two attached hydrogens (primary N) is 1. The number of hydrogen-bond acceptors (Lipinski definition) is 3. The Morgan fingerprint density at radius 2 is 2.06 bits per heavy atom. The molecule has 1 heterocycles. The van der Waals surface area contributed by atoms with Gasteiger partial charge in [-0.25, -0.2) is 0 Å². The molecule has 2 rings (SSSR count). The number of thiocarbonyl (C=S) groups is 1. The molecule has 0 aliphatic heterocycles. The van der Waals surface area contributed by atoms with Crippen LogP contribution in [-0.4, -0.2) is 17.1 Å². The molecule has 18 heavy (non-hydrogen) atoms. The molecule has 0 radical (unpaired) electrons. The van der Waals surface area contributed by atoms with Gasteiger partial charge in [0, 0.05) is 16.8 Å². The molecule has 0 amide bonds. The summed E-state index contributed by atoms with van der Waals surface area (Å²) in [4.78, 5) is 4.89. The highest BCUT2D eigenvalue weighted by Gasteiger charge is 2.06. The zero-order chi connectivity index (χ0) is 13.1. The van der Waals surface area contributed by atoms with Gasteiger partial charge < -0.3 is 10.5 Å². The number of rotatable bonds is 3. The first-order valence-electron chi connectivity index (χ1n) is 5.53. The van der Waals surface area contributed by atoms with E-state index in [9.17, 15) is 0 Å². The quantitative estimate of drug-likeness (QED) is 0.860. The van der Waals surface area contributed by atoms with Crippen molar-refractivity contribution in [1.29, 1.82) is 0 Å². The smallest absolute Gasteiger partial charge is 0.119 e. The molecule has 2 N–H and O–H groups in total. The van der Waals surface area contributed by atoms with Crippen molar-refractivity contribution in [1.82, 2.24) is 4.98 Å². The van der Waals surface area contributed by atoms with E-state index in [0.29, 0.717) is 4.99 Å². The molecule has 3 nitrogen and oxygen atoms in total. The zero-order valence-electron chi connectivity index (χ0n) is 10.3. The molecular formula is C14H14N2OS. The SMILES string of the molecule is COc1cccc(-c2ccc(C(N)=S)c(C)n2)c1. The molecule has 1 aromatic carbocycles. The number of hydrogen-bond donors (Lipinski definition) is 1. The molecule has 0 saturated carbocycles. The van der Waals surface area contributed by atoms with Gasteiger partial charge in [0.1, 0.15) is 10.7 Å². The van der Waals surface area contributed by atoms with Crippen molar-refractivity contribution >= 4 is 17.2 Å². The second-order valence-corrected chi connectivity index (χ2v) is 4.37. The van der Waals surface area contributed by atoms with E-state index in [-0.39, 0.29) is 0 Å². The highest BCUT2D eigenvalue weighted by molar-refractivity contribution is 7.80. The molecule has 0 aliphatic rings. The van der Waals surface area contributed by atoms with Crippen LogP contribution in [0.15, 0.2) is 36.4 Å². The maximum absolute atomic E-state index is 5.62. The Balaban J connectivity index is 2.45. The van der Waals surface area contributed by atoms with Crippen LogP contribution in [0.3, 0.4) is 0 Å². The summed E-state index contributed by atoms with van der Waals surface area (Å²) in [5.74, 6) is 0.811. The predicted octanol–water partition coefficient (Wildman–Crippen LogP) is 2.70. The molecule has 4 heteroatoms. The Morgan fingerprint density at radius 3 is 2.67 bits per heavy atom.